The molecule has 1 aliphatic heterocycles. The monoisotopic (exact) mass is 390 g/mol. The van der Waals surface area contributed by atoms with Crippen LogP contribution in [0.15, 0.2) is 42.5 Å². The number of hydrogen-bond donors (Lipinski definition) is 1. The average molecular weight is 391 g/mol. The van der Waals surface area contributed by atoms with Crippen LogP contribution in [0, 0.1) is 5.92 Å². The normalized spacial score (nSPS) is 16.4. The molecule has 0 spiro atoms. The molecule has 138 valence electrons. The van der Waals surface area contributed by atoms with Crippen molar-refractivity contribution in [1.29, 1.82) is 0 Å². The van der Waals surface area contributed by atoms with Crippen molar-refractivity contribution in [2.24, 2.45) is 5.92 Å². The van der Waals surface area contributed by atoms with Crippen LogP contribution in [0.25, 0.3) is 0 Å². The number of carbonyl (C=O) groups excluding carboxylic acids is 1. The molecule has 1 aliphatic rings. The third kappa shape index (κ3) is 4.52. The summed E-state index contributed by atoms with van der Waals surface area (Å²) in [6.45, 7) is 6.51. The first-order chi connectivity index (χ1) is 12.4. The van der Waals surface area contributed by atoms with Crippen LogP contribution >= 0.6 is 23.2 Å². The molecule has 2 aromatic rings. The van der Waals surface area contributed by atoms with Crippen molar-refractivity contribution in [3.63, 3.8) is 0 Å². The molecule has 26 heavy (non-hydrogen) atoms. The maximum Gasteiger partial charge on any atom is 0.253 e. The van der Waals surface area contributed by atoms with Crippen molar-refractivity contribution in [3.8, 4) is 0 Å². The first-order valence-electron chi connectivity index (χ1n) is 9.05. The quantitative estimate of drug-likeness (QED) is 0.723. The zero-order chi connectivity index (χ0) is 18.7. The molecule has 0 aliphatic carbocycles. The van der Waals surface area contributed by atoms with Gasteiger partial charge in [-0.05, 0) is 61.6 Å². The molecule has 1 amide bonds. The number of carbonyl (C=O) groups is 1. The molecule has 1 saturated heterocycles. The molecule has 0 bridgehead atoms. The predicted octanol–water partition coefficient (Wildman–Crippen LogP) is 5.72. The van der Waals surface area contributed by atoms with Crippen molar-refractivity contribution in [2.75, 3.05) is 18.0 Å². The van der Waals surface area contributed by atoms with E-state index >= 15 is 0 Å². The molecule has 3 nitrogen and oxygen atoms in total. The molecular weight excluding hydrogens is 367 g/mol. The Bertz CT molecular complexity index is 768. The van der Waals surface area contributed by atoms with Crippen molar-refractivity contribution in [1.82, 2.24) is 5.32 Å². The molecule has 1 fully saturated rings. The molecule has 0 radical (unpaired) electrons. The lowest BCUT2D eigenvalue weighted by atomic mass is 9.98. The number of nitrogens with one attached hydrogen (secondary N) is 1. The fourth-order valence-electron chi connectivity index (χ4n) is 3.27. The van der Waals surface area contributed by atoms with E-state index in [2.05, 4.69) is 41.4 Å². The minimum Gasteiger partial charge on any atom is -0.372 e. The van der Waals surface area contributed by atoms with Crippen molar-refractivity contribution in [3.05, 3.63) is 63.6 Å². The fraction of sp³-hybridized carbons (Fsp3) is 0.381. The van der Waals surface area contributed by atoms with E-state index in [1.165, 1.54) is 18.5 Å². The fourth-order valence-corrected chi connectivity index (χ4v) is 3.77. The van der Waals surface area contributed by atoms with E-state index < -0.39 is 0 Å². The Morgan fingerprint density at radius 2 is 1.77 bits per heavy atom. The van der Waals surface area contributed by atoms with Crippen LogP contribution in [-0.4, -0.2) is 19.0 Å². The first-order valence-corrected chi connectivity index (χ1v) is 9.80. The minimum atomic E-state index is -0.201. The van der Waals surface area contributed by atoms with Gasteiger partial charge in [0.15, 0.2) is 0 Å². The highest BCUT2D eigenvalue weighted by Crippen LogP contribution is 2.25. The number of halogens is 2. The lowest BCUT2D eigenvalue weighted by Gasteiger charge is -2.32. The second-order valence-electron chi connectivity index (χ2n) is 7.08. The van der Waals surface area contributed by atoms with E-state index in [1.807, 2.05) is 6.92 Å². The second kappa shape index (κ2) is 8.32. The summed E-state index contributed by atoms with van der Waals surface area (Å²) >= 11 is 12.0. The van der Waals surface area contributed by atoms with E-state index in [0.717, 1.165) is 24.6 Å². The first kappa shape index (κ1) is 19.1. The van der Waals surface area contributed by atoms with Gasteiger partial charge in [0.1, 0.15) is 0 Å². The van der Waals surface area contributed by atoms with Gasteiger partial charge in [-0.1, -0.05) is 42.3 Å². The van der Waals surface area contributed by atoms with Crippen LogP contribution < -0.4 is 10.2 Å². The molecule has 1 N–H and O–H groups in total. The Hall–Kier alpha value is -1.71. The Kier molecular flexibility index (Phi) is 6.10. The average Bonchev–Trinajstić information content (AvgIpc) is 2.62. The van der Waals surface area contributed by atoms with Gasteiger partial charge in [0.25, 0.3) is 5.91 Å². The zero-order valence-electron chi connectivity index (χ0n) is 15.1. The Morgan fingerprint density at radius 3 is 2.38 bits per heavy atom. The van der Waals surface area contributed by atoms with Gasteiger partial charge in [0.05, 0.1) is 16.6 Å². The molecule has 1 atom stereocenters. The van der Waals surface area contributed by atoms with Crippen LogP contribution in [0.3, 0.4) is 0 Å². The molecule has 0 aromatic heterocycles. The van der Waals surface area contributed by atoms with E-state index in [-0.39, 0.29) is 11.9 Å². The maximum atomic E-state index is 12.5. The number of amides is 1. The van der Waals surface area contributed by atoms with Crippen LogP contribution in [0.1, 0.15) is 48.7 Å². The number of anilines is 1. The summed E-state index contributed by atoms with van der Waals surface area (Å²) < 4.78 is 0. The topological polar surface area (TPSA) is 32.3 Å². The van der Waals surface area contributed by atoms with Crippen molar-refractivity contribution < 1.29 is 4.79 Å². The van der Waals surface area contributed by atoms with Gasteiger partial charge in [-0.25, -0.2) is 0 Å². The summed E-state index contributed by atoms with van der Waals surface area (Å²) in [7, 11) is 0. The Balaban J connectivity index is 1.64. The van der Waals surface area contributed by atoms with Crippen LogP contribution in [0.2, 0.25) is 10.0 Å². The standard InChI is InChI=1S/C21H24Cl2N2O/c1-14-9-11-25(12-10-14)18-6-3-16(4-7-18)15(2)24-21(26)19-8-5-17(22)13-20(19)23/h3-8,13-15H,9-12H2,1-2H3,(H,24,26)/t15-/m0/s1. The highest BCUT2D eigenvalue weighted by molar-refractivity contribution is 6.36. The van der Waals surface area contributed by atoms with E-state index in [1.54, 1.807) is 18.2 Å². The highest BCUT2D eigenvalue weighted by Gasteiger charge is 2.17. The van der Waals surface area contributed by atoms with E-state index in [0.29, 0.717) is 15.6 Å². The summed E-state index contributed by atoms with van der Waals surface area (Å²) in [6, 6.07) is 13.2. The Labute approximate surface area is 165 Å². The summed E-state index contributed by atoms with van der Waals surface area (Å²) in [4.78, 5) is 14.9. The number of piperidine rings is 1. The smallest absolute Gasteiger partial charge is 0.253 e. The molecule has 2 aromatic carbocycles. The summed E-state index contributed by atoms with van der Waals surface area (Å²) in [5.41, 5.74) is 2.75. The van der Waals surface area contributed by atoms with Gasteiger partial charge < -0.3 is 10.2 Å². The second-order valence-corrected chi connectivity index (χ2v) is 7.92. The highest BCUT2D eigenvalue weighted by atomic mass is 35.5. The van der Waals surface area contributed by atoms with Gasteiger partial charge in [-0.15, -0.1) is 0 Å². The molecule has 3 rings (SSSR count). The Morgan fingerprint density at radius 1 is 1.12 bits per heavy atom. The van der Waals surface area contributed by atoms with E-state index in [4.69, 9.17) is 23.2 Å². The maximum absolute atomic E-state index is 12.5. The number of hydrogen-bond acceptors (Lipinski definition) is 2. The number of benzene rings is 2. The van der Waals surface area contributed by atoms with Gasteiger partial charge in [-0.3, -0.25) is 4.79 Å². The largest absolute Gasteiger partial charge is 0.372 e. The molecular formula is C21H24Cl2N2O. The van der Waals surface area contributed by atoms with E-state index in [9.17, 15) is 4.79 Å². The molecule has 0 saturated carbocycles. The summed E-state index contributed by atoms with van der Waals surface area (Å²) in [5, 5.41) is 3.87. The third-order valence-electron chi connectivity index (χ3n) is 5.07. The van der Waals surface area contributed by atoms with Crippen LogP contribution in [0.5, 0.6) is 0 Å². The van der Waals surface area contributed by atoms with Crippen molar-refractivity contribution in [2.45, 2.75) is 32.7 Å². The van der Waals surface area contributed by atoms with Crippen LogP contribution in [-0.2, 0) is 0 Å². The lowest BCUT2D eigenvalue weighted by Crippen LogP contribution is -2.32. The summed E-state index contributed by atoms with van der Waals surface area (Å²) in [6.07, 6.45) is 2.49. The molecule has 5 heteroatoms. The minimum absolute atomic E-state index is 0.107. The van der Waals surface area contributed by atoms with Gasteiger partial charge in [-0.2, -0.15) is 0 Å². The SMILES string of the molecule is CC1CCN(c2ccc([C@H](C)NC(=O)c3ccc(Cl)cc3Cl)cc2)CC1. The van der Waals surface area contributed by atoms with Crippen LogP contribution in [0.4, 0.5) is 5.69 Å². The third-order valence-corrected chi connectivity index (χ3v) is 5.61. The molecule has 0 unspecified atom stereocenters. The molecule has 1 heterocycles. The summed E-state index contributed by atoms with van der Waals surface area (Å²) in [5.74, 6) is 0.619. The van der Waals surface area contributed by atoms with Gasteiger partial charge in [0.2, 0.25) is 0 Å². The van der Waals surface area contributed by atoms with Gasteiger partial charge >= 0.3 is 0 Å². The predicted molar refractivity (Wildman–Crippen MR) is 109 cm³/mol. The van der Waals surface area contributed by atoms with Crippen molar-refractivity contribution >= 4 is 34.8 Å². The lowest BCUT2D eigenvalue weighted by molar-refractivity contribution is 0.0940. The van der Waals surface area contributed by atoms with Gasteiger partial charge in [0, 0.05) is 23.8 Å². The number of nitrogens with zero attached hydrogens (tertiary/aromatic N) is 1. The number of rotatable bonds is 4. The zero-order valence-corrected chi connectivity index (χ0v) is 16.6.